The smallest absolute Gasteiger partial charge is 0.306 e. The van der Waals surface area contributed by atoms with E-state index in [1.165, 1.54) is 57.8 Å². The molecule has 0 heterocycles. The van der Waals surface area contributed by atoms with Crippen LogP contribution in [0.4, 0.5) is 0 Å². The van der Waals surface area contributed by atoms with E-state index in [-0.39, 0.29) is 12.1 Å². The Labute approximate surface area is 291 Å². The molecule has 47 heavy (non-hydrogen) atoms. The molecule has 264 valence electrons. The summed E-state index contributed by atoms with van der Waals surface area (Å²) in [6.07, 6.45) is 42.8. The van der Waals surface area contributed by atoms with E-state index in [0.717, 1.165) is 93.3 Å². The van der Waals surface area contributed by atoms with Gasteiger partial charge in [0.2, 0.25) is 0 Å². The summed E-state index contributed by atoms with van der Waals surface area (Å²) in [5, 5.41) is 0. The van der Waals surface area contributed by atoms with E-state index in [0.29, 0.717) is 17.3 Å². The van der Waals surface area contributed by atoms with Gasteiger partial charge in [-0.1, -0.05) is 121 Å². The van der Waals surface area contributed by atoms with E-state index in [2.05, 4.69) is 96.2 Å². The molecule has 0 amide bonds. The number of carbonyl (C=O) groups is 1. The van der Waals surface area contributed by atoms with Crippen LogP contribution in [0.25, 0.3) is 0 Å². The van der Waals surface area contributed by atoms with Crippen LogP contribution < -0.4 is 0 Å². The van der Waals surface area contributed by atoms with Crippen LogP contribution in [0.5, 0.6) is 0 Å². The van der Waals surface area contributed by atoms with Crippen LogP contribution >= 0.6 is 0 Å². The minimum absolute atomic E-state index is 0.0194. The molecule has 2 nitrogen and oxygen atoms in total. The molecule has 0 aliphatic heterocycles. The van der Waals surface area contributed by atoms with Crippen LogP contribution in [0.3, 0.4) is 0 Å². The number of allylic oxidation sites excluding steroid dienone is 9. The van der Waals surface area contributed by atoms with Gasteiger partial charge in [-0.2, -0.15) is 0 Å². The molecule has 3 fully saturated rings. The molecule has 0 radical (unpaired) electrons. The number of unbranched alkanes of at least 4 members (excludes halogenated alkanes) is 2. The summed E-state index contributed by atoms with van der Waals surface area (Å²) in [6.45, 7) is 14.8. The molecule has 0 saturated heterocycles. The fraction of sp³-hybridized carbons (Fsp3) is 0.756. The predicted molar refractivity (Wildman–Crippen MR) is 202 cm³/mol. The van der Waals surface area contributed by atoms with Crippen LogP contribution in [0.15, 0.2) is 60.3 Å². The molecular formula is C45H72O2. The first kappa shape index (κ1) is 38.0. The van der Waals surface area contributed by atoms with Gasteiger partial charge in [0, 0.05) is 12.8 Å². The zero-order valence-electron chi connectivity index (χ0n) is 31.5. The number of fused-ring (bicyclic) bond motifs is 5. The number of rotatable bonds is 18. The Morgan fingerprint density at radius 1 is 0.830 bits per heavy atom. The fourth-order valence-electron chi connectivity index (χ4n) is 10.6. The second-order valence-electron chi connectivity index (χ2n) is 16.9. The third kappa shape index (κ3) is 10.3. The molecule has 8 unspecified atom stereocenters. The van der Waals surface area contributed by atoms with E-state index in [1.54, 1.807) is 5.57 Å². The standard InChI is InChI=1S/C45H72O2/c1-7-8-9-10-11-12-13-14-15-16-17-18-19-20-21-25-43(46)47-38-30-32-44(5)37(34-38)26-27-39-41-29-28-40(36(4)24-22-23-35(2)3)45(41,6)33-31-42(39)44/h8-9,11-12,14-15,17-18,26,35-36,38-42H,7,10,13,16,19-25,27-34H2,1-6H3/b9-8-,12-11-,15-14-,18-17-. The first-order valence-corrected chi connectivity index (χ1v) is 20.2. The van der Waals surface area contributed by atoms with Gasteiger partial charge >= 0.3 is 5.97 Å². The summed E-state index contributed by atoms with van der Waals surface area (Å²) in [5.74, 6) is 5.23. The van der Waals surface area contributed by atoms with Crippen molar-refractivity contribution in [2.24, 2.45) is 46.3 Å². The maximum atomic E-state index is 12.8. The van der Waals surface area contributed by atoms with Gasteiger partial charge in [-0.3, -0.25) is 4.79 Å². The maximum absolute atomic E-state index is 12.8. The molecule has 2 heteroatoms. The van der Waals surface area contributed by atoms with Crippen LogP contribution in [0, 0.1) is 46.3 Å². The van der Waals surface area contributed by atoms with Gasteiger partial charge in [-0.15, -0.1) is 0 Å². The molecule has 8 atom stereocenters. The van der Waals surface area contributed by atoms with Gasteiger partial charge in [-0.25, -0.2) is 0 Å². The van der Waals surface area contributed by atoms with E-state index in [9.17, 15) is 4.79 Å². The Kier molecular flexibility index (Phi) is 15.2. The molecule has 0 N–H and O–H groups in total. The van der Waals surface area contributed by atoms with Crippen LogP contribution in [-0.2, 0) is 9.53 Å². The van der Waals surface area contributed by atoms with Gasteiger partial charge < -0.3 is 4.74 Å². The summed E-state index contributed by atoms with van der Waals surface area (Å²) in [7, 11) is 0. The minimum Gasteiger partial charge on any atom is -0.462 e. The lowest BCUT2D eigenvalue weighted by Gasteiger charge is -2.58. The normalized spacial score (nSPS) is 33.1. The number of ether oxygens (including phenoxy) is 1. The van der Waals surface area contributed by atoms with Crippen molar-refractivity contribution in [2.75, 3.05) is 0 Å². The largest absolute Gasteiger partial charge is 0.462 e. The van der Waals surface area contributed by atoms with Gasteiger partial charge in [0.25, 0.3) is 0 Å². The highest BCUT2D eigenvalue weighted by atomic mass is 16.5. The van der Waals surface area contributed by atoms with Crippen LogP contribution in [0.1, 0.15) is 164 Å². The lowest BCUT2D eigenvalue weighted by molar-refractivity contribution is -0.151. The Bertz CT molecular complexity index is 1110. The highest BCUT2D eigenvalue weighted by molar-refractivity contribution is 5.69. The van der Waals surface area contributed by atoms with Gasteiger partial charge in [0.1, 0.15) is 6.10 Å². The molecular weight excluding hydrogens is 572 g/mol. The van der Waals surface area contributed by atoms with E-state index >= 15 is 0 Å². The molecule has 4 aliphatic rings. The number of hydrogen-bond acceptors (Lipinski definition) is 2. The molecule has 4 rings (SSSR count). The molecule has 0 aromatic heterocycles. The molecule has 4 aliphatic carbocycles. The van der Waals surface area contributed by atoms with Crippen molar-refractivity contribution in [3.05, 3.63) is 60.3 Å². The van der Waals surface area contributed by atoms with Gasteiger partial charge in [0.15, 0.2) is 0 Å². The third-order valence-corrected chi connectivity index (χ3v) is 13.3. The van der Waals surface area contributed by atoms with Crippen molar-refractivity contribution in [2.45, 2.75) is 170 Å². The lowest BCUT2D eigenvalue weighted by atomic mass is 9.47. The van der Waals surface area contributed by atoms with Crippen molar-refractivity contribution >= 4 is 5.97 Å². The van der Waals surface area contributed by atoms with Gasteiger partial charge in [0.05, 0.1) is 0 Å². The van der Waals surface area contributed by atoms with Gasteiger partial charge in [-0.05, 0) is 136 Å². The lowest BCUT2D eigenvalue weighted by Crippen LogP contribution is -2.51. The second kappa shape index (κ2) is 18.8. The molecule has 0 spiro atoms. The third-order valence-electron chi connectivity index (χ3n) is 13.3. The number of esters is 1. The first-order chi connectivity index (χ1) is 22.7. The SMILES string of the molecule is CC/C=C\C/C=C\C/C=C\C/C=C\CCCCC(=O)OC1CCC2(C)C(=CCC3C2CCC2(C)C(C(C)CCCC(C)C)CCC32)C1. The quantitative estimate of drug-likeness (QED) is 0.0843. The van der Waals surface area contributed by atoms with Crippen LogP contribution in [0.2, 0.25) is 0 Å². The monoisotopic (exact) mass is 645 g/mol. The summed E-state index contributed by atoms with van der Waals surface area (Å²) in [5.41, 5.74) is 2.49. The topological polar surface area (TPSA) is 26.3 Å². The minimum atomic E-state index is 0.0194. The Balaban J connectivity index is 1.15. The summed E-state index contributed by atoms with van der Waals surface area (Å²) < 4.78 is 6.10. The zero-order valence-corrected chi connectivity index (χ0v) is 31.5. The summed E-state index contributed by atoms with van der Waals surface area (Å²) >= 11 is 0. The highest BCUT2D eigenvalue weighted by Gasteiger charge is 2.59. The molecule has 0 aromatic rings. The van der Waals surface area contributed by atoms with Crippen LogP contribution in [-0.4, -0.2) is 12.1 Å². The van der Waals surface area contributed by atoms with Crippen molar-refractivity contribution in [3.63, 3.8) is 0 Å². The van der Waals surface area contributed by atoms with E-state index < -0.39 is 0 Å². The summed E-state index contributed by atoms with van der Waals surface area (Å²) in [4.78, 5) is 12.8. The number of carbonyl (C=O) groups excluding carboxylic acids is 1. The average Bonchev–Trinajstić information content (AvgIpc) is 3.40. The van der Waals surface area contributed by atoms with Crippen molar-refractivity contribution in [3.8, 4) is 0 Å². The maximum Gasteiger partial charge on any atom is 0.306 e. The number of hydrogen-bond donors (Lipinski definition) is 0. The van der Waals surface area contributed by atoms with E-state index in [1.807, 2.05) is 0 Å². The Hall–Kier alpha value is -1.83. The average molecular weight is 645 g/mol. The highest BCUT2D eigenvalue weighted by Crippen LogP contribution is 2.67. The molecule has 0 bridgehead atoms. The first-order valence-electron chi connectivity index (χ1n) is 20.2. The zero-order chi connectivity index (χ0) is 33.7. The Morgan fingerprint density at radius 3 is 2.23 bits per heavy atom. The predicted octanol–water partition coefficient (Wildman–Crippen LogP) is 13.3. The summed E-state index contributed by atoms with van der Waals surface area (Å²) in [6, 6.07) is 0. The molecule has 0 aromatic carbocycles. The van der Waals surface area contributed by atoms with Crippen molar-refractivity contribution in [1.82, 2.24) is 0 Å². The van der Waals surface area contributed by atoms with Crippen molar-refractivity contribution in [1.29, 1.82) is 0 Å². The second-order valence-corrected chi connectivity index (χ2v) is 16.9. The van der Waals surface area contributed by atoms with Crippen molar-refractivity contribution < 1.29 is 9.53 Å². The van der Waals surface area contributed by atoms with E-state index in [4.69, 9.17) is 4.74 Å². The molecule has 3 saturated carbocycles. The Morgan fingerprint density at radius 2 is 1.53 bits per heavy atom. The fourth-order valence-corrected chi connectivity index (χ4v) is 10.6.